The summed E-state index contributed by atoms with van der Waals surface area (Å²) in [6, 6.07) is 0. The maximum absolute atomic E-state index is 10.7. The molecule has 0 spiro atoms. The average molecular weight is 202 g/mol. The lowest BCUT2D eigenvalue weighted by Crippen LogP contribution is -2.11. The predicted molar refractivity (Wildman–Crippen MR) is 48.6 cm³/mol. The molecule has 0 amide bonds. The van der Waals surface area contributed by atoms with Gasteiger partial charge in [0.2, 0.25) is 0 Å². The van der Waals surface area contributed by atoms with Crippen LogP contribution in [0.15, 0.2) is 12.8 Å². The third kappa shape index (κ3) is 8.58. The third-order valence-electron chi connectivity index (χ3n) is 1.33. The molecule has 80 valence electrons. The van der Waals surface area contributed by atoms with Crippen molar-refractivity contribution in [1.29, 1.82) is 0 Å². The van der Waals surface area contributed by atoms with Crippen molar-refractivity contribution in [2.24, 2.45) is 0 Å². The molecule has 0 atom stereocenters. The second kappa shape index (κ2) is 8.10. The standard InChI is InChI=1S/C9H14O5/c1-2-13-5-3-4-6-14-9(12)7-8(10)11/h2H,1,3-7H2,(H,10,11). The molecular weight excluding hydrogens is 188 g/mol. The first-order valence-corrected chi connectivity index (χ1v) is 4.26. The van der Waals surface area contributed by atoms with E-state index in [9.17, 15) is 9.59 Å². The van der Waals surface area contributed by atoms with E-state index in [1.54, 1.807) is 0 Å². The molecule has 0 aliphatic rings. The van der Waals surface area contributed by atoms with Crippen molar-refractivity contribution in [2.45, 2.75) is 19.3 Å². The van der Waals surface area contributed by atoms with Gasteiger partial charge in [-0.25, -0.2) is 0 Å². The Morgan fingerprint density at radius 2 is 1.93 bits per heavy atom. The summed E-state index contributed by atoms with van der Waals surface area (Å²) in [4.78, 5) is 20.7. The molecule has 0 unspecified atom stereocenters. The highest BCUT2D eigenvalue weighted by atomic mass is 16.5. The van der Waals surface area contributed by atoms with Gasteiger partial charge >= 0.3 is 11.9 Å². The average Bonchev–Trinajstić information content (AvgIpc) is 2.10. The predicted octanol–water partition coefficient (Wildman–Crippen LogP) is 0.945. The number of hydrogen-bond acceptors (Lipinski definition) is 4. The third-order valence-corrected chi connectivity index (χ3v) is 1.33. The summed E-state index contributed by atoms with van der Waals surface area (Å²) < 4.78 is 9.47. The maximum Gasteiger partial charge on any atom is 0.317 e. The summed E-state index contributed by atoms with van der Waals surface area (Å²) in [5.41, 5.74) is 0. The minimum Gasteiger partial charge on any atom is -0.502 e. The number of esters is 1. The van der Waals surface area contributed by atoms with Gasteiger partial charge in [0.15, 0.2) is 0 Å². The molecular formula is C9H14O5. The minimum atomic E-state index is -1.18. The van der Waals surface area contributed by atoms with Crippen LogP contribution in [-0.4, -0.2) is 30.3 Å². The lowest BCUT2D eigenvalue weighted by molar-refractivity contribution is -0.151. The van der Waals surface area contributed by atoms with Gasteiger partial charge in [-0.3, -0.25) is 9.59 Å². The van der Waals surface area contributed by atoms with E-state index in [1.165, 1.54) is 6.26 Å². The number of carbonyl (C=O) groups is 2. The molecule has 0 radical (unpaired) electrons. The Morgan fingerprint density at radius 1 is 1.29 bits per heavy atom. The van der Waals surface area contributed by atoms with E-state index in [0.29, 0.717) is 13.0 Å². The molecule has 0 bridgehead atoms. The quantitative estimate of drug-likeness (QED) is 0.274. The van der Waals surface area contributed by atoms with Gasteiger partial charge in [0.25, 0.3) is 0 Å². The number of carbonyl (C=O) groups excluding carboxylic acids is 1. The van der Waals surface area contributed by atoms with Crippen LogP contribution < -0.4 is 0 Å². The number of unbranched alkanes of at least 4 members (excludes halogenated alkanes) is 1. The van der Waals surface area contributed by atoms with E-state index in [0.717, 1.165) is 6.42 Å². The number of carboxylic acids is 1. The van der Waals surface area contributed by atoms with Crippen LogP contribution in [0.25, 0.3) is 0 Å². The van der Waals surface area contributed by atoms with E-state index < -0.39 is 18.4 Å². The fourth-order valence-electron chi connectivity index (χ4n) is 0.731. The number of hydrogen-bond donors (Lipinski definition) is 1. The topological polar surface area (TPSA) is 72.8 Å². The SMILES string of the molecule is C=COCCCCOC(=O)CC(=O)O. The molecule has 0 heterocycles. The Balaban J connectivity index is 3.23. The summed E-state index contributed by atoms with van der Waals surface area (Å²) in [6.07, 6.45) is 2.16. The normalized spacial score (nSPS) is 9.14. The van der Waals surface area contributed by atoms with Crippen molar-refractivity contribution < 1.29 is 24.2 Å². The van der Waals surface area contributed by atoms with E-state index in [1.807, 2.05) is 0 Å². The zero-order valence-electron chi connectivity index (χ0n) is 7.90. The van der Waals surface area contributed by atoms with E-state index >= 15 is 0 Å². The van der Waals surface area contributed by atoms with Crippen molar-refractivity contribution in [3.05, 3.63) is 12.8 Å². The van der Waals surface area contributed by atoms with E-state index in [2.05, 4.69) is 11.3 Å². The maximum atomic E-state index is 10.7. The molecule has 5 heteroatoms. The fraction of sp³-hybridized carbons (Fsp3) is 0.556. The Morgan fingerprint density at radius 3 is 2.50 bits per heavy atom. The molecule has 1 N–H and O–H groups in total. The minimum absolute atomic E-state index is 0.229. The van der Waals surface area contributed by atoms with E-state index in [4.69, 9.17) is 9.84 Å². The summed E-state index contributed by atoms with van der Waals surface area (Å²) in [5, 5.41) is 8.22. The number of carboxylic acid groups (broad SMARTS) is 1. The van der Waals surface area contributed by atoms with Crippen LogP contribution in [-0.2, 0) is 19.1 Å². The second-order valence-electron chi connectivity index (χ2n) is 2.54. The van der Waals surface area contributed by atoms with Gasteiger partial charge in [-0.05, 0) is 12.8 Å². The highest BCUT2D eigenvalue weighted by molar-refractivity contribution is 5.90. The molecule has 14 heavy (non-hydrogen) atoms. The van der Waals surface area contributed by atoms with Crippen molar-refractivity contribution in [3.63, 3.8) is 0 Å². The van der Waals surface area contributed by atoms with Crippen LogP contribution in [0.5, 0.6) is 0 Å². The van der Waals surface area contributed by atoms with Crippen LogP contribution in [0.3, 0.4) is 0 Å². The first-order valence-electron chi connectivity index (χ1n) is 4.26. The Labute approximate surface area is 82.3 Å². The van der Waals surface area contributed by atoms with Crippen LogP contribution in [0.1, 0.15) is 19.3 Å². The van der Waals surface area contributed by atoms with Gasteiger partial charge in [-0.2, -0.15) is 0 Å². The smallest absolute Gasteiger partial charge is 0.317 e. The fourth-order valence-corrected chi connectivity index (χ4v) is 0.731. The zero-order chi connectivity index (χ0) is 10.8. The van der Waals surface area contributed by atoms with Gasteiger partial charge in [-0.15, -0.1) is 0 Å². The highest BCUT2D eigenvalue weighted by Crippen LogP contribution is 1.94. The molecule has 0 aliphatic carbocycles. The molecule has 5 nitrogen and oxygen atoms in total. The monoisotopic (exact) mass is 202 g/mol. The highest BCUT2D eigenvalue weighted by Gasteiger charge is 2.07. The second-order valence-corrected chi connectivity index (χ2v) is 2.54. The van der Waals surface area contributed by atoms with Crippen LogP contribution in [0.2, 0.25) is 0 Å². The van der Waals surface area contributed by atoms with Gasteiger partial charge in [0.1, 0.15) is 6.42 Å². The first kappa shape index (κ1) is 12.5. The van der Waals surface area contributed by atoms with Crippen molar-refractivity contribution in [2.75, 3.05) is 13.2 Å². The summed E-state index contributed by atoms with van der Waals surface area (Å²) >= 11 is 0. The first-order chi connectivity index (χ1) is 6.66. The Kier molecular flexibility index (Phi) is 7.22. The molecule has 0 rings (SSSR count). The largest absolute Gasteiger partial charge is 0.502 e. The number of aliphatic carboxylic acids is 1. The molecule has 0 aromatic rings. The van der Waals surface area contributed by atoms with Crippen molar-refractivity contribution in [1.82, 2.24) is 0 Å². The molecule has 0 saturated heterocycles. The molecule has 0 aromatic carbocycles. The molecule has 0 saturated carbocycles. The van der Waals surface area contributed by atoms with Crippen LogP contribution in [0.4, 0.5) is 0 Å². The summed E-state index contributed by atoms with van der Waals surface area (Å²) in [5.74, 6) is -1.88. The molecule has 0 aliphatic heterocycles. The number of ether oxygens (including phenoxy) is 2. The number of rotatable bonds is 8. The van der Waals surface area contributed by atoms with Gasteiger partial charge in [-0.1, -0.05) is 6.58 Å². The van der Waals surface area contributed by atoms with Crippen molar-refractivity contribution >= 4 is 11.9 Å². The molecule has 0 aromatic heterocycles. The zero-order valence-corrected chi connectivity index (χ0v) is 7.90. The van der Waals surface area contributed by atoms with Crippen LogP contribution >= 0.6 is 0 Å². The Hall–Kier alpha value is -1.52. The lowest BCUT2D eigenvalue weighted by atomic mass is 10.3. The Bertz CT molecular complexity index is 199. The lowest BCUT2D eigenvalue weighted by Gasteiger charge is -2.02. The van der Waals surface area contributed by atoms with Gasteiger partial charge in [0, 0.05) is 0 Å². The van der Waals surface area contributed by atoms with Gasteiger partial charge < -0.3 is 14.6 Å². The molecule has 0 fully saturated rings. The van der Waals surface area contributed by atoms with Gasteiger partial charge in [0.05, 0.1) is 19.5 Å². The van der Waals surface area contributed by atoms with E-state index in [-0.39, 0.29) is 6.61 Å². The van der Waals surface area contributed by atoms with Crippen molar-refractivity contribution in [3.8, 4) is 0 Å². The summed E-state index contributed by atoms with van der Waals surface area (Å²) in [6.45, 7) is 4.12. The van der Waals surface area contributed by atoms with Crippen LogP contribution in [0, 0.1) is 0 Å². The summed E-state index contributed by atoms with van der Waals surface area (Å²) in [7, 11) is 0.